The van der Waals surface area contributed by atoms with Crippen LogP contribution in [0.2, 0.25) is 0 Å². The van der Waals surface area contributed by atoms with Gasteiger partial charge >= 0.3 is 0 Å². The molecule has 0 aromatic heterocycles. The largest absolute Gasteiger partial charge is 0.316 e. The monoisotopic (exact) mass is 310 g/mol. The van der Waals surface area contributed by atoms with Crippen LogP contribution >= 0.6 is 0 Å². The van der Waals surface area contributed by atoms with E-state index >= 15 is 0 Å². The summed E-state index contributed by atoms with van der Waals surface area (Å²) in [5, 5.41) is 17.5. The average molecular weight is 310 g/mol. The number of carbonyl (C=O) groups is 2. The minimum atomic E-state index is -0.505. The van der Waals surface area contributed by atoms with E-state index in [-0.39, 0.29) is 37.9 Å². The van der Waals surface area contributed by atoms with E-state index in [1.807, 2.05) is 36.4 Å². The fourth-order valence-electron chi connectivity index (χ4n) is 2.67. The van der Waals surface area contributed by atoms with E-state index in [1.54, 1.807) is 4.90 Å². The highest BCUT2D eigenvalue weighted by molar-refractivity contribution is 6.00. The molecule has 0 N–H and O–H groups in total. The molecule has 0 saturated carbocycles. The topological polar surface area (TPSA) is 88.2 Å². The Kier molecular flexibility index (Phi) is 5.32. The van der Waals surface area contributed by atoms with Gasteiger partial charge in [-0.05, 0) is 24.1 Å². The maximum Gasteiger partial charge on any atom is 0.229 e. The molecular formula is C17H18N4O2. The van der Waals surface area contributed by atoms with Gasteiger partial charge < -0.3 is 9.80 Å². The molecule has 1 fully saturated rings. The fourth-order valence-corrected chi connectivity index (χ4v) is 2.67. The van der Waals surface area contributed by atoms with Crippen LogP contribution in [0.1, 0.15) is 18.9 Å². The Morgan fingerprint density at radius 3 is 2.39 bits per heavy atom. The lowest BCUT2D eigenvalue weighted by molar-refractivity contribution is -0.134. The summed E-state index contributed by atoms with van der Waals surface area (Å²) in [5.41, 5.74) is 1.96. The number of amides is 2. The second kappa shape index (κ2) is 7.42. The van der Waals surface area contributed by atoms with Crippen molar-refractivity contribution in [2.45, 2.75) is 19.8 Å². The Morgan fingerprint density at radius 2 is 1.87 bits per heavy atom. The first-order valence-electron chi connectivity index (χ1n) is 7.52. The van der Waals surface area contributed by atoms with Gasteiger partial charge in [-0.25, -0.2) is 0 Å². The highest BCUT2D eigenvalue weighted by Gasteiger charge is 2.37. The molecule has 6 heteroatoms. The SMILES string of the molecule is CCc1ccc(N2C[C@@H](C(=O)N(CC#N)CC#N)CC2=O)cc1. The van der Waals surface area contributed by atoms with Gasteiger partial charge in [0.1, 0.15) is 13.1 Å². The van der Waals surface area contributed by atoms with Crippen molar-refractivity contribution >= 4 is 17.5 Å². The number of nitriles is 2. The predicted molar refractivity (Wildman–Crippen MR) is 84.1 cm³/mol. The van der Waals surface area contributed by atoms with Gasteiger partial charge in [-0.3, -0.25) is 9.59 Å². The van der Waals surface area contributed by atoms with Gasteiger partial charge in [0.25, 0.3) is 0 Å². The van der Waals surface area contributed by atoms with Crippen LogP contribution in [-0.4, -0.2) is 36.3 Å². The van der Waals surface area contributed by atoms with Crippen molar-refractivity contribution in [2.75, 3.05) is 24.5 Å². The number of carbonyl (C=O) groups excluding carboxylic acids is 2. The molecule has 0 aliphatic carbocycles. The van der Waals surface area contributed by atoms with E-state index in [0.717, 1.165) is 12.1 Å². The van der Waals surface area contributed by atoms with E-state index < -0.39 is 5.92 Å². The lowest BCUT2D eigenvalue weighted by Gasteiger charge is -2.21. The van der Waals surface area contributed by atoms with Crippen LogP contribution in [0.4, 0.5) is 5.69 Å². The molecule has 6 nitrogen and oxygen atoms in total. The number of hydrogen-bond acceptors (Lipinski definition) is 4. The average Bonchev–Trinajstić information content (AvgIpc) is 2.96. The Hall–Kier alpha value is -2.86. The van der Waals surface area contributed by atoms with Crippen molar-refractivity contribution in [2.24, 2.45) is 5.92 Å². The molecule has 0 spiro atoms. The predicted octanol–water partition coefficient (Wildman–Crippen LogP) is 1.48. The van der Waals surface area contributed by atoms with E-state index in [1.165, 1.54) is 10.5 Å². The molecule has 1 aromatic rings. The lowest BCUT2D eigenvalue weighted by atomic mass is 10.1. The summed E-state index contributed by atoms with van der Waals surface area (Å²) in [6, 6.07) is 11.5. The van der Waals surface area contributed by atoms with Crippen molar-refractivity contribution in [1.29, 1.82) is 10.5 Å². The van der Waals surface area contributed by atoms with Gasteiger partial charge in [0.05, 0.1) is 18.1 Å². The third-order valence-corrected chi connectivity index (χ3v) is 3.97. The number of nitrogens with zero attached hydrogens (tertiary/aromatic N) is 4. The van der Waals surface area contributed by atoms with Crippen LogP contribution in [0.5, 0.6) is 0 Å². The van der Waals surface area contributed by atoms with Gasteiger partial charge in [0.2, 0.25) is 11.8 Å². The third kappa shape index (κ3) is 3.67. The molecule has 2 rings (SSSR count). The zero-order chi connectivity index (χ0) is 16.8. The van der Waals surface area contributed by atoms with E-state index in [9.17, 15) is 9.59 Å². The second-order valence-corrected chi connectivity index (χ2v) is 5.44. The zero-order valence-electron chi connectivity index (χ0n) is 13.0. The smallest absolute Gasteiger partial charge is 0.229 e. The second-order valence-electron chi connectivity index (χ2n) is 5.44. The van der Waals surface area contributed by atoms with Crippen LogP contribution in [0.3, 0.4) is 0 Å². The minimum absolute atomic E-state index is 0.110. The van der Waals surface area contributed by atoms with E-state index in [2.05, 4.69) is 6.92 Å². The van der Waals surface area contributed by atoms with Gasteiger partial charge in [-0.2, -0.15) is 10.5 Å². The van der Waals surface area contributed by atoms with Gasteiger partial charge in [-0.15, -0.1) is 0 Å². The number of rotatable bonds is 5. The zero-order valence-corrected chi connectivity index (χ0v) is 13.0. The Morgan fingerprint density at radius 1 is 1.26 bits per heavy atom. The van der Waals surface area contributed by atoms with Crippen LogP contribution in [-0.2, 0) is 16.0 Å². The number of aryl methyl sites for hydroxylation is 1. The molecular weight excluding hydrogens is 292 g/mol. The first kappa shape index (κ1) is 16.5. The van der Waals surface area contributed by atoms with Crippen LogP contribution in [0.15, 0.2) is 24.3 Å². The summed E-state index contributed by atoms with van der Waals surface area (Å²) in [7, 11) is 0. The fraction of sp³-hybridized carbons (Fsp3) is 0.412. The molecule has 0 bridgehead atoms. The molecule has 1 aliphatic heterocycles. The van der Waals surface area contributed by atoms with Crippen molar-refractivity contribution in [3.05, 3.63) is 29.8 Å². The standard InChI is InChI=1S/C17H18N4O2/c1-2-13-3-5-15(6-4-13)21-12-14(11-16(21)22)17(23)20(9-7-18)10-8-19/h3-6,14H,2,9-12H2,1H3/t14-/m0/s1. The summed E-state index contributed by atoms with van der Waals surface area (Å²) in [6.45, 7) is 2.07. The first-order chi connectivity index (χ1) is 11.1. The maximum atomic E-state index is 12.4. The Labute approximate surface area is 135 Å². The number of benzene rings is 1. The number of hydrogen-bond donors (Lipinski definition) is 0. The summed E-state index contributed by atoms with van der Waals surface area (Å²) >= 11 is 0. The maximum absolute atomic E-state index is 12.4. The molecule has 2 amide bonds. The highest BCUT2D eigenvalue weighted by atomic mass is 16.2. The molecule has 0 radical (unpaired) electrons. The van der Waals surface area contributed by atoms with Crippen LogP contribution in [0.25, 0.3) is 0 Å². The minimum Gasteiger partial charge on any atom is -0.316 e. The quantitative estimate of drug-likeness (QED) is 0.771. The van der Waals surface area contributed by atoms with E-state index in [0.29, 0.717) is 0 Å². The van der Waals surface area contributed by atoms with Gasteiger partial charge in [0, 0.05) is 18.7 Å². The van der Waals surface area contributed by atoms with Crippen molar-refractivity contribution in [3.63, 3.8) is 0 Å². The summed E-state index contributed by atoms with van der Waals surface area (Å²) in [5.74, 6) is -0.925. The Bertz CT molecular complexity index is 653. The summed E-state index contributed by atoms with van der Waals surface area (Å²) < 4.78 is 0. The van der Waals surface area contributed by atoms with Crippen LogP contribution in [0, 0.1) is 28.6 Å². The van der Waals surface area contributed by atoms with Crippen molar-refractivity contribution in [3.8, 4) is 12.1 Å². The van der Waals surface area contributed by atoms with Crippen molar-refractivity contribution in [1.82, 2.24) is 4.90 Å². The van der Waals surface area contributed by atoms with E-state index in [4.69, 9.17) is 10.5 Å². The van der Waals surface area contributed by atoms with Gasteiger partial charge in [0.15, 0.2) is 0 Å². The molecule has 1 saturated heterocycles. The van der Waals surface area contributed by atoms with Crippen molar-refractivity contribution < 1.29 is 9.59 Å². The molecule has 1 aliphatic rings. The molecule has 1 heterocycles. The Balaban J connectivity index is 2.10. The molecule has 1 aromatic carbocycles. The normalized spacial score (nSPS) is 16.7. The molecule has 23 heavy (non-hydrogen) atoms. The highest BCUT2D eigenvalue weighted by Crippen LogP contribution is 2.26. The third-order valence-electron chi connectivity index (χ3n) is 3.97. The lowest BCUT2D eigenvalue weighted by Crippen LogP contribution is -2.38. The van der Waals surface area contributed by atoms with Crippen LogP contribution < -0.4 is 4.90 Å². The first-order valence-corrected chi connectivity index (χ1v) is 7.52. The molecule has 1 atom stereocenters. The summed E-state index contributed by atoms with van der Waals surface area (Å²) in [6.07, 6.45) is 1.04. The van der Waals surface area contributed by atoms with Gasteiger partial charge in [-0.1, -0.05) is 19.1 Å². The molecule has 118 valence electrons. The number of anilines is 1. The summed E-state index contributed by atoms with van der Waals surface area (Å²) in [4.78, 5) is 27.4. The molecule has 0 unspecified atom stereocenters.